The summed E-state index contributed by atoms with van der Waals surface area (Å²) in [5, 5.41) is 7.51. The Morgan fingerprint density at radius 2 is 1.94 bits per heavy atom. The first-order valence-corrected chi connectivity index (χ1v) is 6.53. The van der Waals surface area contributed by atoms with E-state index in [9.17, 15) is 0 Å². The van der Waals surface area contributed by atoms with Crippen molar-refractivity contribution in [3.8, 4) is 0 Å². The highest BCUT2D eigenvalue weighted by Gasteiger charge is 2.00. The highest BCUT2D eigenvalue weighted by Crippen LogP contribution is 2.07. The predicted octanol–water partition coefficient (Wildman–Crippen LogP) is 2.96. The standard InChI is InChI=1S/C13H25N3/c1-3-4-5-6-7-8-11-16-13(12-14-2)9-10-15-16/h9-10,14H,3-8,11-12H2,1-2H3. The van der Waals surface area contributed by atoms with Crippen LogP contribution in [0, 0.1) is 0 Å². The average molecular weight is 223 g/mol. The first kappa shape index (κ1) is 13.2. The van der Waals surface area contributed by atoms with Crippen LogP contribution in [0.2, 0.25) is 0 Å². The van der Waals surface area contributed by atoms with Gasteiger partial charge >= 0.3 is 0 Å². The molecule has 0 spiro atoms. The summed E-state index contributed by atoms with van der Waals surface area (Å²) in [5.74, 6) is 0. The number of nitrogens with one attached hydrogen (secondary N) is 1. The Bertz CT molecular complexity index is 268. The lowest BCUT2D eigenvalue weighted by atomic mass is 10.1. The lowest BCUT2D eigenvalue weighted by molar-refractivity contribution is 0.508. The molecule has 3 nitrogen and oxygen atoms in total. The average Bonchev–Trinajstić information content (AvgIpc) is 2.72. The fourth-order valence-corrected chi connectivity index (χ4v) is 1.93. The van der Waals surface area contributed by atoms with Crippen molar-refractivity contribution in [3.63, 3.8) is 0 Å². The van der Waals surface area contributed by atoms with E-state index < -0.39 is 0 Å². The summed E-state index contributed by atoms with van der Waals surface area (Å²) in [4.78, 5) is 0. The van der Waals surface area contributed by atoms with Crippen molar-refractivity contribution < 1.29 is 0 Å². The summed E-state index contributed by atoms with van der Waals surface area (Å²) in [6.07, 6.45) is 9.94. The molecular formula is C13H25N3. The summed E-state index contributed by atoms with van der Waals surface area (Å²) in [6.45, 7) is 4.24. The first-order valence-electron chi connectivity index (χ1n) is 6.53. The summed E-state index contributed by atoms with van der Waals surface area (Å²) in [7, 11) is 1.97. The highest BCUT2D eigenvalue weighted by atomic mass is 15.3. The summed E-state index contributed by atoms with van der Waals surface area (Å²) < 4.78 is 2.12. The molecule has 0 amide bonds. The molecule has 0 fully saturated rings. The molecule has 0 saturated heterocycles. The zero-order chi connectivity index (χ0) is 11.6. The fourth-order valence-electron chi connectivity index (χ4n) is 1.93. The van der Waals surface area contributed by atoms with Gasteiger partial charge in [0.1, 0.15) is 0 Å². The highest BCUT2D eigenvalue weighted by molar-refractivity contribution is 4.99. The number of aryl methyl sites for hydroxylation is 1. The van der Waals surface area contributed by atoms with Crippen molar-refractivity contribution in [2.24, 2.45) is 0 Å². The molecule has 0 atom stereocenters. The maximum atomic E-state index is 4.35. The molecule has 1 aromatic rings. The topological polar surface area (TPSA) is 29.9 Å². The number of rotatable bonds is 9. The number of nitrogens with zero attached hydrogens (tertiary/aromatic N) is 2. The third-order valence-electron chi connectivity index (χ3n) is 2.89. The lowest BCUT2D eigenvalue weighted by Crippen LogP contribution is -2.12. The Morgan fingerprint density at radius 3 is 2.69 bits per heavy atom. The van der Waals surface area contributed by atoms with E-state index in [0.29, 0.717) is 0 Å². The molecule has 0 bridgehead atoms. The van der Waals surface area contributed by atoms with E-state index in [4.69, 9.17) is 0 Å². The normalized spacial score (nSPS) is 10.9. The van der Waals surface area contributed by atoms with Crippen LogP contribution in [0.25, 0.3) is 0 Å². The van der Waals surface area contributed by atoms with Crippen molar-refractivity contribution in [2.75, 3.05) is 7.05 Å². The predicted molar refractivity (Wildman–Crippen MR) is 68.4 cm³/mol. The van der Waals surface area contributed by atoms with Crippen LogP contribution >= 0.6 is 0 Å². The van der Waals surface area contributed by atoms with Crippen molar-refractivity contribution >= 4 is 0 Å². The molecule has 1 heterocycles. The molecule has 1 rings (SSSR count). The third kappa shape index (κ3) is 4.79. The third-order valence-corrected chi connectivity index (χ3v) is 2.89. The zero-order valence-corrected chi connectivity index (χ0v) is 10.7. The van der Waals surface area contributed by atoms with Crippen LogP contribution in [-0.2, 0) is 13.1 Å². The van der Waals surface area contributed by atoms with Crippen LogP contribution < -0.4 is 5.32 Å². The van der Waals surface area contributed by atoms with Gasteiger partial charge in [0.15, 0.2) is 0 Å². The molecule has 0 saturated carbocycles. The van der Waals surface area contributed by atoms with Crippen molar-refractivity contribution in [1.29, 1.82) is 0 Å². The van der Waals surface area contributed by atoms with E-state index in [1.165, 1.54) is 44.2 Å². The zero-order valence-electron chi connectivity index (χ0n) is 10.7. The van der Waals surface area contributed by atoms with Crippen LogP contribution in [0.3, 0.4) is 0 Å². The van der Waals surface area contributed by atoms with E-state index in [2.05, 4.69) is 28.1 Å². The van der Waals surface area contributed by atoms with Crippen molar-refractivity contribution in [2.45, 2.75) is 58.5 Å². The largest absolute Gasteiger partial charge is 0.314 e. The molecule has 0 aliphatic rings. The number of hydrogen-bond acceptors (Lipinski definition) is 2. The molecule has 16 heavy (non-hydrogen) atoms. The molecule has 0 aliphatic heterocycles. The minimum Gasteiger partial charge on any atom is -0.314 e. The summed E-state index contributed by atoms with van der Waals surface area (Å²) in [5.41, 5.74) is 1.29. The molecule has 3 heteroatoms. The van der Waals surface area contributed by atoms with Gasteiger partial charge in [-0.3, -0.25) is 4.68 Å². The second-order valence-electron chi connectivity index (χ2n) is 4.34. The Morgan fingerprint density at radius 1 is 1.19 bits per heavy atom. The van der Waals surface area contributed by atoms with Gasteiger partial charge in [-0.15, -0.1) is 0 Å². The smallest absolute Gasteiger partial charge is 0.0521 e. The Labute approximate surface area is 99.2 Å². The molecule has 0 aliphatic carbocycles. The second-order valence-corrected chi connectivity index (χ2v) is 4.34. The van der Waals surface area contributed by atoms with Gasteiger partial charge in [0.25, 0.3) is 0 Å². The van der Waals surface area contributed by atoms with Gasteiger partial charge in [0.2, 0.25) is 0 Å². The van der Waals surface area contributed by atoms with Crippen LogP contribution in [0.5, 0.6) is 0 Å². The summed E-state index contributed by atoms with van der Waals surface area (Å²) >= 11 is 0. The maximum absolute atomic E-state index is 4.35. The molecule has 0 aromatic carbocycles. The second kappa shape index (κ2) is 8.34. The number of hydrogen-bond donors (Lipinski definition) is 1. The van der Waals surface area contributed by atoms with Gasteiger partial charge in [0.05, 0.1) is 5.69 Å². The number of aromatic nitrogens is 2. The van der Waals surface area contributed by atoms with E-state index >= 15 is 0 Å². The molecule has 1 aromatic heterocycles. The van der Waals surface area contributed by atoms with Gasteiger partial charge in [-0.2, -0.15) is 5.10 Å². The SMILES string of the molecule is CCCCCCCCn1nccc1CNC. The monoisotopic (exact) mass is 223 g/mol. The van der Waals surface area contributed by atoms with Gasteiger partial charge in [-0.25, -0.2) is 0 Å². The Kier molecular flexibility index (Phi) is 6.90. The lowest BCUT2D eigenvalue weighted by Gasteiger charge is -2.06. The Balaban J connectivity index is 2.13. The van der Waals surface area contributed by atoms with E-state index in [0.717, 1.165) is 13.1 Å². The Hall–Kier alpha value is -0.830. The number of unbranched alkanes of at least 4 members (excludes halogenated alkanes) is 5. The van der Waals surface area contributed by atoms with Crippen LogP contribution in [-0.4, -0.2) is 16.8 Å². The molecule has 0 unspecified atom stereocenters. The van der Waals surface area contributed by atoms with Gasteiger partial charge < -0.3 is 5.32 Å². The molecule has 0 radical (unpaired) electrons. The van der Waals surface area contributed by atoms with Crippen LogP contribution in [0.4, 0.5) is 0 Å². The van der Waals surface area contributed by atoms with Crippen LogP contribution in [0.1, 0.15) is 51.1 Å². The van der Waals surface area contributed by atoms with Crippen molar-refractivity contribution in [3.05, 3.63) is 18.0 Å². The van der Waals surface area contributed by atoms with Crippen molar-refractivity contribution in [1.82, 2.24) is 15.1 Å². The molecular weight excluding hydrogens is 198 g/mol. The molecule has 92 valence electrons. The minimum absolute atomic E-state index is 0.913. The van der Waals surface area contributed by atoms with Crippen LogP contribution in [0.15, 0.2) is 12.3 Å². The van der Waals surface area contributed by atoms with Gasteiger partial charge in [-0.1, -0.05) is 39.0 Å². The summed E-state index contributed by atoms with van der Waals surface area (Å²) in [6, 6.07) is 2.09. The van der Waals surface area contributed by atoms with Gasteiger partial charge in [-0.05, 0) is 19.5 Å². The van der Waals surface area contributed by atoms with E-state index in [1.54, 1.807) is 0 Å². The fraction of sp³-hybridized carbons (Fsp3) is 0.769. The van der Waals surface area contributed by atoms with E-state index in [1.807, 2.05) is 13.2 Å². The van der Waals surface area contributed by atoms with Gasteiger partial charge in [0, 0.05) is 19.3 Å². The maximum Gasteiger partial charge on any atom is 0.0521 e. The first-order chi connectivity index (χ1) is 7.88. The quantitative estimate of drug-likeness (QED) is 0.652. The molecule has 1 N–H and O–H groups in total. The minimum atomic E-state index is 0.913. The van der Waals surface area contributed by atoms with E-state index in [-0.39, 0.29) is 0 Å².